The molecule has 0 aliphatic rings. The largest absolute Gasteiger partial charge is 0.496 e. The molecule has 0 atom stereocenters. The van der Waals surface area contributed by atoms with Crippen LogP contribution in [-0.4, -0.2) is 35.7 Å². The average molecular weight is 395 g/mol. The minimum absolute atomic E-state index is 0.0488. The van der Waals surface area contributed by atoms with Crippen LogP contribution in [0.5, 0.6) is 5.75 Å². The molecule has 0 aliphatic carbocycles. The summed E-state index contributed by atoms with van der Waals surface area (Å²) < 4.78 is 60.1. The number of nitrogens with zero attached hydrogens (tertiary/aromatic N) is 4. The highest BCUT2D eigenvalue weighted by Gasteiger charge is 2.18. The van der Waals surface area contributed by atoms with Gasteiger partial charge in [0, 0.05) is 6.07 Å². The molecule has 3 aromatic rings. The van der Waals surface area contributed by atoms with Gasteiger partial charge in [-0.3, -0.25) is 0 Å². The molecule has 0 unspecified atom stereocenters. The minimum Gasteiger partial charge on any atom is -0.496 e. The third kappa shape index (κ3) is 3.93. The Hall–Kier alpha value is -2.92. The van der Waals surface area contributed by atoms with Crippen molar-refractivity contribution in [2.45, 2.75) is 18.4 Å². The summed E-state index contributed by atoms with van der Waals surface area (Å²) in [5.41, 5.74) is 0.820. The van der Waals surface area contributed by atoms with Crippen molar-refractivity contribution in [3.05, 3.63) is 59.4 Å². The van der Waals surface area contributed by atoms with E-state index in [1.165, 1.54) is 25.3 Å². The Kier molecular flexibility index (Phi) is 5.15. The van der Waals surface area contributed by atoms with Crippen LogP contribution in [-0.2, 0) is 16.6 Å². The van der Waals surface area contributed by atoms with Gasteiger partial charge < -0.3 is 4.74 Å². The number of aryl methyl sites for hydroxylation is 1. The summed E-state index contributed by atoms with van der Waals surface area (Å²) in [7, 11) is -2.35. The molecule has 1 N–H and O–H groups in total. The average Bonchev–Trinajstić information content (AvgIpc) is 3.11. The zero-order valence-electron chi connectivity index (χ0n) is 14.3. The van der Waals surface area contributed by atoms with Gasteiger partial charge in [-0.1, -0.05) is 0 Å². The maximum Gasteiger partial charge on any atom is 0.240 e. The highest BCUT2D eigenvalue weighted by atomic mass is 32.2. The number of hydrogen-bond acceptors (Lipinski definition) is 6. The SMILES string of the molecule is COc1ccc(S(=O)(=O)NCc2nnnn2-c2ccc(F)c(F)c2)cc1C. The van der Waals surface area contributed by atoms with Gasteiger partial charge in [-0.25, -0.2) is 21.9 Å². The van der Waals surface area contributed by atoms with E-state index in [0.717, 1.165) is 16.8 Å². The molecule has 142 valence electrons. The van der Waals surface area contributed by atoms with Crippen LogP contribution in [0.25, 0.3) is 5.69 Å². The summed E-state index contributed by atoms with van der Waals surface area (Å²) in [4.78, 5) is 0.0488. The number of nitrogens with one attached hydrogen (secondary N) is 1. The van der Waals surface area contributed by atoms with Crippen LogP contribution in [0, 0.1) is 18.6 Å². The lowest BCUT2D eigenvalue weighted by Crippen LogP contribution is -2.25. The molecule has 1 heterocycles. The first-order chi connectivity index (χ1) is 12.8. The van der Waals surface area contributed by atoms with Crippen LogP contribution in [0.2, 0.25) is 0 Å². The highest BCUT2D eigenvalue weighted by molar-refractivity contribution is 7.89. The van der Waals surface area contributed by atoms with E-state index in [9.17, 15) is 17.2 Å². The Morgan fingerprint density at radius 1 is 1.15 bits per heavy atom. The molecule has 0 fully saturated rings. The molecule has 0 saturated carbocycles. The number of aromatic nitrogens is 4. The number of halogens is 2. The molecule has 27 heavy (non-hydrogen) atoms. The van der Waals surface area contributed by atoms with Crippen LogP contribution >= 0.6 is 0 Å². The van der Waals surface area contributed by atoms with E-state index < -0.39 is 21.7 Å². The van der Waals surface area contributed by atoms with Crippen molar-refractivity contribution >= 4 is 10.0 Å². The molecule has 1 aromatic heterocycles. The fourth-order valence-electron chi connectivity index (χ4n) is 2.39. The number of rotatable bonds is 6. The zero-order valence-corrected chi connectivity index (χ0v) is 15.2. The predicted molar refractivity (Wildman–Crippen MR) is 90.8 cm³/mol. The van der Waals surface area contributed by atoms with E-state index in [1.54, 1.807) is 13.0 Å². The normalized spacial score (nSPS) is 11.6. The lowest BCUT2D eigenvalue weighted by molar-refractivity contribution is 0.411. The molecule has 11 heteroatoms. The number of methoxy groups -OCH3 is 1. The number of hydrogen-bond donors (Lipinski definition) is 1. The van der Waals surface area contributed by atoms with Crippen LogP contribution in [0.3, 0.4) is 0 Å². The molecule has 0 amide bonds. The second kappa shape index (κ2) is 7.37. The molecule has 2 aromatic carbocycles. The molecule has 0 bridgehead atoms. The van der Waals surface area contributed by atoms with Gasteiger partial charge in [0.2, 0.25) is 10.0 Å². The van der Waals surface area contributed by atoms with Crippen molar-refractivity contribution in [2.24, 2.45) is 0 Å². The summed E-state index contributed by atoms with van der Waals surface area (Å²) in [5.74, 6) is -1.40. The number of tetrazole rings is 1. The maximum atomic E-state index is 13.4. The summed E-state index contributed by atoms with van der Waals surface area (Å²) in [5, 5.41) is 10.9. The number of sulfonamides is 1. The quantitative estimate of drug-likeness (QED) is 0.683. The summed E-state index contributed by atoms with van der Waals surface area (Å²) in [6.07, 6.45) is 0. The van der Waals surface area contributed by atoms with E-state index in [0.29, 0.717) is 11.3 Å². The van der Waals surface area contributed by atoms with Crippen molar-refractivity contribution in [3.8, 4) is 11.4 Å². The van der Waals surface area contributed by atoms with Crippen molar-refractivity contribution in [2.75, 3.05) is 7.11 Å². The van der Waals surface area contributed by atoms with Gasteiger partial charge in [-0.15, -0.1) is 5.10 Å². The van der Waals surface area contributed by atoms with Crippen molar-refractivity contribution < 1.29 is 21.9 Å². The summed E-state index contributed by atoms with van der Waals surface area (Å²) >= 11 is 0. The standard InChI is InChI=1S/C16H15F2N5O3S/c1-10-7-12(4-6-15(10)26-2)27(24,25)19-9-16-20-21-22-23(16)11-3-5-13(17)14(18)8-11/h3-8,19H,9H2,1-2H3. The molecular weight excluding hydrogens is 380 g/mol. The third-order valence-corrected chi connectivity index (χ3v) is 5.18. The highest BCUT2D eigenvalue weighted by Crippen LogP contribution is 2.21. The summed E-state index contributed by atoms with van der Waals surface area (Å²) in [6, 6.07) is 7.55. The van der Waals surface area contributed by atoms with E-state index in [1.807, 2.05) is 0 Å². The molecule has 0 saturated heterocycles. The van der Waals surface area contributed by atoms with E-state index in [4.69, 9.17) is 4.74 Å². The molecule has 0 spiro atoms. The lowest BCUT2D eigenvalue weighted by atomic mass is 10.2. The fourth-order valence-corrected chi connectivity index (χ4v) is 3.46. The Morgan fingerprint density at radius 3 is 2.59 bits per heavy atom. The first-order valence-electron chi connectivity index (χ1n) is 7.69. The van der Waals surface area contributed by atoms with E-state index >= 15 is 0 Å². The van der Waals surface area contributed by atoms with Gasteiger partial charge >= 0.3 is 0 Å². The maximum absolute atomic E-state index is 13.4. The number of benzene rings is 2. The zero-order chi connectivity index (χ0) is 19.6. The first-order valence-corrected chi connectivity index (χ1v) is 9.17. The predicted octanol–water partition coefficient (Wildman–Crippen LogP) is 1.74. The Labute approximate surface area is 153 Å². The second-order valence-electron chi connectivity index (χ2n) is 5.56. The topological polar surface area (TPSA) is 99.0 Å². The van der Waals surface area contributed by atoms with Gasteiger partial charge in [0.1, 0.15) is 5.75 Å². The Morgan fingerprint density at radius 2 is 1.93 bits per heavy atom. The van der Waals surface area contributed by atoms with Crippen LogP contribution in [0.15, 0.2) is 41.3 Å². The summed E-state index contributed by atoms with van der Waals surface area (Å²) in [6.45, 7) is 1.47. The van der Waals surface area contributed by atoms with Crippen LogP contribution < -0.4 is 9.46 Å². The molecule has 0 radical (unpaired) electrons. The minimum atomic E-state index is -3.85. The second-order valence-corrected chi connectivity index (χ2v) is 7.33. The Balaban J connectivity index is 1.82. The van der Waals surface area contributed by atoms with Gasteiger partial charge in [0.05, 0.1) is 24.2 Å². The smallest absolute Gasteiger partial charge is 0.240 e. The third-order valence-electron chi connectivity index (χ3n) is 3.78. The van der Waals surface area contributed by atoms with E-state index in [2.05, 4.69) is 20.2 Å². The van der Waals surface area contributed by atoms with Crippen molar-refractivity contribution in [1.29, 1.82) is 0 Å². The van der Waals surface area contributed by atoms with Crippen molar-refractivity contribution in [1.82, 2.24) is 24.9 Å². The molecular formula is C16H15F2N5O3S. The van der Waals surface area contributed by atoms with E-state index in [-0.39, 0.29) is 23.0 Å². The molecule has 3 rings (SSSR count). The lowest BCUT2D eigenvalue weighted by Gasteiger charge is -2.10. The fraction of sp³-hybridized carbons (Fsp3) is 0.188. The van der Waals surface area contributed by atoms with Crippen LogP contribution in [0.1, 0.15) is 11.4 Å². The van der Waals surface area contributed by atoms with Crippen molar-refractivity contribution in [3.63, 3.8) is 0 Å². The molecule has 0 aliphatic heterocycles. The first kappa shape index (κ1) is 18.9. The van der Waals surface area contributed by atoms with Gasteiger partial charge in [-0.05, 0) is 53.2 Å². The van der Waals surface area contributed by atoms with Crippen LogP contribution in [0.4, 0.5) is 8.78 Å². The van der Waals surface area contributed by atoms with Gasteiger partial charge in [0.15, 0.2) is 17.5 Å². The Bertz CT molecular complexity index is 1090. The molecule has 8 nitrogen and oxygen atoms in total. The number of ether oxygens (including phenoxy) is 1. The van der Waals surface area contributed by atoms with Gasteiger partial charge in [0.25, 0.3) is 0 Å². The monoisotopic (exact) mass is 395 g/mol. The van der Waals surface area contributed by atoms with Gasteiger partial charge in [-0.2, -0.15) is 4.68 Å².